The van der Waals surface area contributed by atoms with Gasteiger partial charge in [-0.05, 0) is 36.8 Å². The number of benzene rings is 2. The molecule has 1 amide bonds. The number of nitrogens with one attached hydrogen (secondary N) is 2. The lowest BCUT2D eigenvalue weighted by Crippen LogP contribution is -2.44. The molecule has 9 nitrogen and oxygen atoms in total. The third-order valence-electron chi connectivity index (χ3n) is 5.49. The largest absolute Gasteiger partial charge is 0.493 e. The Kier molecular flexibility index (Phi) is 7.07. The van der Waals surface area contributed by atoms with E-state index in [0.29, 0.717) is 28.7 Å². The molecule has 190 valence electrons. The molecule has 2 N–H and O–H groups in total. The fourth-order valence-corrected chi connectivity index (χ4v) is 3.74. The maximum atomic E-state index is 12.6. The van der Waals surface area contributed by atoms with Crippen LogP contribution in [0.1, 0.15) is 18.3 Å². The molecule has 0 spiro atoms. The third-order valence-corrected chi connectivity index (χ3v) is 5.94. The zero-order valence-electron chi connectivity index (χ0n) is 19.5. The third kappa shape index (κ3) is 5.38. The van der Waals surface area contributed by atoms with Gasteiger partial charge in [0.15, 0.2) is 23.9 Å². The van der Waals surface area contributed by atoms with Gasteiger partial charge in [0.2, 0.25) is 0 Å². The maximum absolute atomic E-state index is 12.6. The summed E-state index contributed by atoms with van der Waals surface area (Å²) in [6.45, 7) is 0.245. The summed E-state index contributed by atoms with van der Waals surface area (Å²) in [5.41, 5.74) is 2.32. The van der Waals surface area contributed by atoms with Crippen molar-refractivity contribution in [1.29, 1.82) is 0 Å². The van der Waals surface area contributed by atoms with Crippen molar-refractivity contribution in [2.24, 2.45) is 7.05 Å². The molecule has 2 aromatic carbocycles. The topological polar surface area (TPSA) is 107 Å². The van der Waals surface area contributed by atoms with Crippen molar-refractivity contribution >= 4 is 28.4 Å². The number of rotatable bonds is 8. The second-order valence-corrected chi connectivity index (χ2v) is 8.39. The van der Waals surface area contributed by atoms with Crippen molar-refractivity contribution in [2.75, 3.05) is 13.7 Å². The SMILES string of the molecule is COc1cc(-c2nc(Cc3ccc4[nH]ncc4c3Cl)n(C)n2)ccc1OCC(=O)N[C@H](C)C(F)(F)F. The normalized spacial score (nSPS) is 12.5. The number of aryl methyl sites for hydroxylation is 1. The predicted octanol–water partition coefficient (Wildman–Crippen LogP) is 4.06. The lowest BCUT2D eigenvalue weighted by molar-refractivity contribution is -0.158. The summed E-state index contributed by atoms with van der Waals surface area (Å²) in [4.78, 5) is 16.4. The highest BCUT2D eigenvalue weighted by atomic mass is 35.5. The van der Waals surface area contributed by atoms with E-state index < -0.39 is 24.7 Å². The van der Waals surface area contributed by atoms with E-state index in [-0.39, 0.29) is 11.5 Å². The van der Waals surface area contributed by atoms with E-state index in [1.54, 1.807) is 30.1 Å². The quantitative estimate of drug-likeness (QED) is 0.361. The number of ether oxygens (including phenoxy) is 2. The van der Waals surface area contributed by atoms with Gasteiger partial charge in [0.05, 0.1) is 23.8 Å². The van der Waals surface area contributed by atoms with Gasteiger partial charge in [-0.1, -0.05) is 17.7 Å². The zero-order valence-corrected chi connectivity index (χ0v) is 20.2. The first-order chi connectivity index (χ1) is 17.1. The van der Waals surface area contributed by atoms with Crippen LogP contribution in [0.15, 0.2) is 36.5 Å². The highest BCUT2D eigenvalue weighted by Crippen LogP contribution is 2.32. The number of carbonyl (C=O) groups is 1. The fourth-order valence-electron chi connectivity index (χ4n) is 3.46. The number of carbonyl (C=O) groups excluding carboxylic acids is 1. The van der Waals surface area contributed by atoms with Crippen molar-refractivity contribution in [2.45, 2.75) is 25.6 Å². The minimum absolute atomic E-state index is 0.187. The number of fused-ring (bicyclic) bond motifs is 1. The van der Waals surface area contributed by atoms with Gasteiger partial charge >= 0.3 is 6.18 Å². The Balaban J connectivity index is 1.48. The van der Waals surface area contributed by atoms with Crippen molar-refractivity contribution in [3.8, 4) is 22.9 Å². The van der Waals surface area contributed by atoms with Gasteiger partial charge in [0.1, 0.15) is 11.9 Å². The number of amides is 1. The summed E-state index contributed by atoms with van der Waals surface area (Å²) in [5.74, 6) is 0.646. The van der Waals surface area contributed by atoms with Crippen LogP contribution in [0, 0.1) is 0 Å². The van der Waals surface area contributed by atoms with Gasteiger partial charge in [-0.2, -0.15) is 23.4 Å². The maximum Gasteiger partial charge on any atom is 0.408 e. The zero-order chi connectivity index (χ0) is 26.0. The molecule has 0 aliphatic heterocycles. The molecule has 0 radical (unpaired) electrons. The minimum atomic E-state index is -4.54. The molecule has 0 fully saturated rings. The standard InChI is InChI=1S/C23H22ClF3N6O3/c1-12(23(25,26)27)29-20(34)11-36-17-7-5-14(8-18(17)35-3)22-30-19(33(2)32-22)9-13-4-6-16-15(21(13)24)10-28-31-16/h4-8,10,12H,9,11H2,1-3H3,(H,28,31)(H,29,34)/t12-/m1/s1. The van der Waals surface area contributed by atoms with E-state index in [0.717, 1.165) is 23.4 Å². The van der Waals surface area contributed by atoms with Gasteiger partial charge in [-0.15, -0.1) is 0 Å². The molecule has 4 aromatic rings. The van der Waals surface area contributed by atoms with Gasteiger partial charge in [-0.3, -0.25) is 14.6 Å². The van der Waals surface area contributed by atoms with Crippen molar-refractivity contribution in [3.05, 3.63) is 52.9 Å². The highest BCUT2D eigenvalue weighted by Gasteiger charge is 2.37. The molecular formula is C23H22ClF3N6O3. The van der Waals surface area contributed by atoms with E-state index in [1.165, 1.54) is 13.2 Å². The second-order valence-electron chi connectivity index (χ2n) is 8.01. The van der Waals surface area contributed by atoms with E-state index in [2.05, 4.69) is 20.3 Å². The molecule has 13 heteroatoms. The predicted molar refractivity (Wildman–Crippen MR) is 126 cm³/mol. The monoisotopic (exact) mass is 522 g/mol. The van der Waals surface area contributed by atoms with Crippen LogP contribution >= 0.6 is 11.6 Å². The summed E-state index contributed by atoms with van der Waals surface area (Å²) >= 11 is 6.54. The number of alkyl halides is 3. The molecule has 0 aliphatic rings. The van der Waals surface area contributed by atoms with Crippen LogP contribution in [0.5, 0.6) is 11.5 Å². The summed E-state index contributed by atoms with van der Waals surface area (Å²) in [6.07, 6.45) is -2.44. The van der Waals surface area contributed by atoms with Crippen LogP contribution in [0.4, 0.5) is 13.2 Å². The van der Waals surface area contributed by atoms with E-state index in [4.69, 9.17) is 21.1 Å². The van der Waals surface area contributed by atoms with Gasteiger partial charge in [0.25, 0.3) is 5.91 Å². The van der Waals surface area contributed by atoms with Crippen LogP contribution in [-0.2, 0) is 18.3 Å². The van der Waals surface area contributed by atoms with Crippen LogP contribution < -0.4 is 14.8 Å². The highest BCUT2D eigenvalue weighted by molar-refractivity contribution is 6.36. The van der Waals surface area contributed by atoms with E-state index in [9.17, 15) is 18.0 Å². The average molecular weight is 523 g/mol. The molecule has 4 rings (SSSR count). The van der Waals surface area contributed by atoms with Crippen molar-refractivity contribution < 1.29 is 27.4 Å². The van der Waals surface area contributed by atoms with Crippen LogP contribution in [0.25, 0.3) is 22.3 Å². The molecule has 0 aliphatic carbocycles. The molecular weight excluding hydrogens is 501 g/mol. The van der Waals surface area contributed by atoms with E-state index >= 15 is 0 Å². The summed E-state index contributed by atoms with van der Waals surface area (Å²) in [6, 6.07) is 6.63. The number of hydrogen-bond acceptors (Lipinski definition) is 6. The number of aromatic amines is 1. The molecule has 36 heavy (non-hydrogen) atoms. The van der Waals surface area contributed by atoms with Crippen molar-refractivity contribution in [1.82, 2.24) is 30.3 Å². The molecule has 0 bridgehead atoms. The first kappa shape index (κ1) is 25.3. The Morgan fingerprint density at radius 2 is 2.03 bits per heavy atom. The Morgan fingerprint density at radius 1 is 1.25 bits per heavy atom. The number of hydrogen-bond donors (Lipinski definition) is 2. The molecule has 2 aromatic heterocycles. The van der Waals surface area contributed by atoms with Crippen LogP contribution in [0.3, 0.4) is 0 Å². The number of halogens is 4. The summed E-state index contributed by atoms with van der Waals surface area (Å²) in [5, 5.41) is 14.6. The number of aromatic nitrogens is 5. The second kappa shape index (κ2) is 10.1. The fraction of sp³-hybridized carbons (Fsp3) is 0.304. The molecule has 0 saturated carbocycles. The van der Waals surface area contributed by atoms with Gasteiger partial charge in [-0.25, -0.2) is 4.98 Å². The van der Waals surface area contributed by atoms with Crippen molar-refractivity contribution in [3.63, 3.8) is 0 Å². The summed E-state index contributed by atoms with van der Waals surface area (Å²) < 4.78 is 50.2. The average Bonchev–Trinajstić information content (AvgIpc) is 3.46. The Hall–Kier alpha value is -3.80. The lowest BCUT2D eigenvalue weighted by Gasteiger charge is -2.17. The van der Waals surface area contributed by atoms with Crippen LogP contribution in [0.2, 0.25) is 5.02 Å². The smallest absolute Gasteiger partial charge is 0.408 e. The molecule has 1 atom stereocenters. The first-order valence-corrected chi connectivity index (χ1v) is 11.1. The van der Waals surface area contributed by atoms with Gasteiger partial charge in [0, 0.05) is 24.4 Å². The minimum Gasteiger partial charge on any atom is -0.493 e. The summed E-state index contributed by atoms with van der Waals surface area (Å²) in [7, 11) is 3.18. The Labute approximate surface area is 208 Å². The van der Waals surface area contributed by atoms with E-state index in [1.807, 2.05) is 17.4 Å². The molecule has 2 heterocycles. The molecule has 0 saturated heterocycles. The first-order valence-electron chi connectivity index (χ1n) is 10.7. The van der Waals surface area contributed by atoms with Gasteiger partial charge < -0.3 is 14.8 Å². The lowest BCUT2D eigenvalue weighted by atomic mass is 10.1. The Morgan fingerprint density at radius 3 is 2.75 bits per heavy atom. The number of nitrogens with zero attached hydrogens (tertiary/aromatic N) is 4. The number of methoxy groups -OCH3 is 1. The Bertz CT molecular complexity index is 1400. The molecule has 0 unspecified atom stereocenters. The number of H-pyrrole nitrogens is 1. The van der Waals surface area contributed by atoms with Crippen LogP contribution in [-0.4, -0.2) is 56.8 Å².